The summed E-state index contributed by atoms with van der Waals surface area (Å²) in [5.41, 5.74) is 0.225. The lowest BCUT2D eigenvalue weighted by molar-refractivity contribution is 0.0697. The summed E-state index contributed by atoms with van der Waals surface area (Å²) in [4.78, 5) is 30.8. The molecule has 4 rings (SSSR count). The summed E-state index contributed by atoms with van der Waals surface area (Å²) < 4.78 is 2.85. The van der Waals surface area contributed by atoms with Crippen molar-refractivity contribution >= 4 is 28.6 Å². The van der Waals surface area contributed by atoms with Crippen LogP contribution in [-0.4, -0.2) is 40.6 Å². The molecule has 0 unspecified atom stereocenters. The number of rotatable bonds is 5. The molecule has 3 aromatic heterocycles. The van der Waals surface area contributed by atoms with E-state index in [9.17, 15) is 9.59 Å². The van der Waals surface area contributed by atoms with Crippen molar-refractivity contribution in [2.24, 2.45) is 17.8 Å². The molecule has 0 amide bonds. The Morgan fingerprint density at radius 3 is 2.69 bits per heavy atom. The fourth-order valence-corrected chi connectivity index (χ4v) is 4.34. The predicted molar refractivity (Wildman–Crippen MR) is 108 cm³/mol. The zero-order chi connectivity index (χ0) is 20.7. The molecule has 29 heavy (non-hydrogen) atoms. The monoisotopic (exact) mass is 418 g/mol. The van der Waals surface area contributed by atoms with Gasteiger partial charge >= 0.3 is 5.97 Å². The third-order valence-electron chi connectivity index (χ3n) is 5.86. The minimum absolute atomic E-state index is 0.00783. The number of aromatic carboxylic acids is 1. The largest absolute Gasteiger partial charge is 0.478 e. The van der Waals surface area contributed by atoms with E-state index in [1.165, 1.54) is 29.9 Å². The SMILES string of the molecule is CC(C)C1CCC(Cn2nc(Cl)c3nc(-n4cc(C(=O)O)cn4)[nH]c(=O)c32)CC1. The van der Waals surface area contributed by atoms with E-state index in [0.717, 1.165) is 18.8 Å². The molecule has 0 radical (unpaired) electrons. The van der Waals surface area contributed by atoms with Gasteiger partial charge in [0.2, 0.25) is 5.95 Å². The number of hydrogen-bond donors (Lipinski definition) is 2. The number of nitrogens with one attached hydrogen (secondary N) is 1. The molecule has 0 spiro atoms. The Hall–Kier alpha value is -2.68. The van der Waals surface area contributed by atoms with Gasteiger partial charge < -0.3 is 5.11 Å². The number of carboxylic acids is 1. The van der Waals surface area contributed by atoms with Gasteiger partial charge in [0, 0.05) is 12.7 Å². The van der Waals surface area contributed by atoms with Crippen LogP contribution in [0.1, 0.15) is 49.9 Å². The van der Waals surface area contributed by atoms with Gasteiger partial charge in [-0.05, 0) is 43.4 Å². The summed E-state index contributed by atoms with van der Waals surface area (Å²) in [5, 5.41) is 17.5. The molecule has 9 nitrogen and oxygen atoms in total. The van der Waals surface area contributed by atoms with Crippen LogP contribution in [0.3, 0.4) is 0 Å². The molecule has 1 saturated carbocycles. The highest BCUT2D eigenvalue weighted by molar-refractivity contribution is 6.33. The summed E-state index contributed by atoms with van der Waals surface area (Å²) in [7, 11) is 0. The second-order valence-corrected chi connectivity index (χ2v) is 8.42. The van der Waals surface area contributed by atoms with Crippen LogP contribution in [0.4, 0.5) is 0 Å². The molecule has 0 atom stereocenters. The maximum absolute atomic E-state index is 12.8. The average molecular weight is 419 g/mol. The molecule has 10 heteroatoms. The number of nitrogens with zero attached hydrogens (tertiary/aromatic N) is 5. The van der Waals surface area contributed by atoms with Crippen LogP contribution in [0.25, 0.3) is 17.0 Å². The lowest BCUT2D eigenvalue weighted by atomic mass is 9.77. The third kappa shape index (κ3) is 3.78. The molecule has 3 heterocycles. The fourth-order valence-electron chi connectivity index (χ4n) is 4.11. The van der Waals surface area contributed by atoms with Gasteiger partial charge in [0.1, 0.15) is 5.52 Å². The van der Waals surface area contributed by atoms with Crippen molar-refractivity contribution in [2.45, 2.75) is 46.1 Å². The Morgan fingerprint density at radius 2 is 2.07 bits per heavy atom. The maximum Gasteiger partial charge on any atom is 0.338 e. The molecule has 3 aromatic rings. The molecule has 0 aliphatic heterocycles. The molecule has 0 saturated heterocycles. The first-order chi connectivity index (χ1) is 13.8. The van der Waals surface area contributed by atoms with Crippen molar-refractivity contribution in [1.29, 1.82) is 0 Å². The maximum atomic E-state index is 12.8. The van der Waals surface area contributed by atoms with Crippen molar-refractivity contribution in [1.82, 2.24) is 29.5 Å². The fraction of sp³-hybridized carbons (Fsp3) is 0.526. The average Bonchev–Trinajstić information content (AvgIpc) is 3.28. The first kappa shape index (κ1) is 19.6. The van der Waals surface area contributed by atoms with E-state index in [-0.39, 0.29) is 27.7 Å². The standard InChI is InChI=1S/C19H23ClN6O3/c1-10(2)12-5-3-11(4-6-12)8-25-15-14(16(20)24-25)22-19(23-17(15)27)26-9-13(7-21-26)18(28)29/h7,9-12H,3-6,8H2,1-2H3,(H,28,29)(H,22,23,27). The summed E-state index contributed by atoms with van der Waals surface area (Å²) in [6.45, 7) is 5.17. The minimum Gasteiger partial charge on any atom is -0.478 e. The molecule has 1 aliphatic carbocycles. The van der Waals surface area contributed by atoms with E-state index in [0.29, 0.717) is 23.9 Å². The van der Waals surface area contributed by atoms with Gasteiger partial charge in [-0.15, -0.1) is 0 Å². The predicted octanol–water partition coefficient (Wildman–Crippen LogP) is 3.12. The molecule has 1 aliphatic rings. The Bertz CT molecular complexity index is 1110. The molecular formula is C19H23ClN6O3. The summed E-state index contributed by atoms with van der Waals surface area (Å²) in [5.74, 6) is 0.894. The van der Waals surface area contributed by atoms with Crippen LogP contribution < -0.4 is 5.56 Å². The summed E-state index contributed by atoms with van der Waals surface area (Å²) >= 11 is 6.28. The van der Waals surface area contributed by atoms with Crippen molar-refractivity contribution in [3.8, 4) is 5.95 Å². The lowest BCUT2D eigenvalue weighted by Crippen LogP contribution is -2.23. The van der Waals surface area contributed by atoms with Gasteiger partial charge in [0.05, 0.1) is 11.8 Å². The van der Waals surface area contributed by atoms with Crippen LogP contribution >= 0.6 is 11.6 Å². The second kappa shape index (κ2) is 7.62. The highest BCUT2D eigenvalue weighted by Crippen LogP contribution is 2.34. The smallest absolute Gasteiger partial charge is 0.338 e. The highest BCUT2D eigenvalue weighted by Gasteiger charge is 2.25. The van der Waals surface area contributed by atoms with Gasteiger partial charge in [-0.2, -0.15) is 10.2 Å². The lowest BCUT2D eigenvalue weighted by Gasteiger charge is -2.30. The third-order valence-corrected chi connectivity index (χ3v) is 6.11. The number of hydrogen-bond acceptors (Lipinski definition) is 5. The van der Waals surface area contributed by atoms with E-state index in [1.54, 1.807) is 4.68 Å². The second-order valence-electron chi connectivity index (χ2n) is 8.06. The number of carbonyl (C=O) groups is 1. The summed E-state index contributed by atoms with van der Waals surface area (Å²) in [6.07, 6.45) is 7.06. The van der Waals surface area contributed by atoms with Gasteiger partial charge in [-0.25, -0.2) is 14.5 Å². The first-order valence-electron chi connectivity index (χ1n) is 9.78. The van der Waals surface area contributed by atoms with Crippen LogP contribution in [-0.2, 0) is 6.54 Å². The number of halogens is 1. The summed E-state index contributed by atoms with van der Waals surface area (Å²) in [6, 6.07) is 0. The number of carboxylic acid groups (broad SMARTS) is 1. The number of fused-ring (bicyclic) bond motifs is 1. The molecule has 0 aromatic carbocycles. The zero-order valence-electron chi connectivity index (χ0n) is 16.3. The van der Waals surface area contributed by atoms with Crippen molar-refractivity contribution in [3.63, 3.8) is 0 Å². The molecule has 2 N–H and O–H groups in total. The number of aromatic nitrogens is 6. The zero-order valence-corrected chi connectivity index (χ0v) is 17.1. The Kier molecular flexibility index (Phi) is 5.16. The van der Waals surface area contributed by atoms with Crippen molar-refractivity contribution < 1.29 is 9.90 Å². The first-order valence-corrected chi connectivity index (χ1v) is 10.2. The van der Waals surface area contributed by atoms with E-state index in [4.69, 9.17) is 16.7 Å². The van der Waals surface area contributed by atoms with E-state index >= 15 is 0 Å². The normalized spacial score (nSPS) is 19.9. The van der Waals surface area contributed by atoms with Crippen molar-refractivity contribution in [3.05, 3.63) is 33.5 Å². The topological polar surface area (TPSA) is 119 Å². The highest BCUT2D eigenvalue weighted by atomic mass is 35.5. The van der Waals surface area contributed by atoms with Crippen LogP contribution in [0.2, 0.25) is 5.15 Å². The molecule has 154 valence electrons. The molecule has 0 bridgehead atoms. The van der Waals surface area contributed by atoms with Crippen molar-refractivity contribution in [2.75, 3.05) is 0 Å². The quantitative estimate of drug-likeness (QED) is 0.657. The van der Waals surface area contributed by atoms with E-state index < -0.39 is 5.97 Å². The Labute approximate surface area is 171 Å². The molecule has 1 fully saturated rings. The van der Waals surface area contributed by atoms with Crippen LogP contribution in [0.5, 0.6) is 0 Å². The molecular weight excluding hydrogens is 396 g/mol. The van der Waals surface area contributed by atoms with Gasteiger partial charge in [-0.3, -0.25) is 14.5 Å². The van der Waals surface area contributed by atoms with Crippen LogP contribution in [0.15, 0.2) is 17.2 Å². The van der Waals surface area contributed by atoms with Crippen LogP contribution in [0, 0.1) is 17.8 Å². The minimum atomic E-state index is -1.11. The van der Waals surface area contributed by atoms with E-state index in [1.807, 2.05) is 0 Å². The van der Waals surface area contributed by atoms with E-state index in [2.05, 4.69) is 34.0 Å². The van der Waals surface area contributed by atoms with Gasteiger partial charge in [-0.1, -0.05) is 25.4 Å². The number of H-pyrrole nitrogens is 1. The van der Waals surface area contributed by atoms with Gasteiger partial charge in [0.15, 0.2) is 10.7 Å². The Morgan fingerprint density at radius 1 is 1.34 bits per heavy atom. The Balaban J connectivity index is 1.62. The van der Waals surface area contributed by atoms with Gasteiger partial charge in [0.25, 0.3) is 5.56 Å². The number of aromatic amines is 1.